The zero-order valence-electron chi connectivity index (χ0n) is 12.9. The maximum Gasteiger partial charge on any atom is 0.0491 e. The van der Waals surface area contributed by atoms with Gasteiger partial charge >= 0.3 is 0 Å². The van der Waals surface area contributed by atoms with Gasteiger partial charge in [0, 0.05) is 31.0 Å². The Balaban J connectivity index is 2.87. The third kappa shape index (κ3) is 4.59. The molecule has 0 saturated carbocycles. The fraction of sp³-hybridized carbons (Fsp3) is 0.688. The molecule has 1 aromatic heterocycles. The van der Waals surface area contributed by atoms with E-state index in [1.807, 2.05) is 12.4 Å². The molecule has 0 aromatic carbocycles. The second-order valence-corrected chi connectivity index (χ2v) is 5.52. The first-order chi connectivity index (χ1) is 9.11. The fourth-order valence-electron chi connectivity index (χ4n) is 2.58. The van der Waals surface area contributed by atoms with E-state index in [2.05, 4.69) is 43.6 Å². The molecule has 19 heavy (non-hydrogen) atoms. The second-order valence-electron chi connectivity index (χ2n) is 5.52. The van der Waals surface area contributed by atoms with Crippen molar-refractivity contribution in [2.24, 2.45) is 5.73 Å². The zero-order valence-corrected chi connectivity index (χ0v) is 12.9. The number of aryl methyl sites for hydroxylation is 1. The maximum atomic E-state index is 6.05. The van der Waals surface area contributed by atoms with Crippen LogP contribution in [-0.2, 0) is 0 Å². The lowest BCUT2D eigenvalue weighted by Crippen LogP contribution is -2.39. The minimum atomic E-state index is 0.283. The molecule has 0 aliphatic heterocycles. The third-order valence-electron chi connectivity index (χ3n) is 3.75. The SMILES string of the molecule is CCCCCN(C(C)C)C(CN)c1cnccc1C. The average molecular weight is 263 g/mol. The van der Waals surface area contributed by atoms with Crippen molar-refractivity contribution in [3.05, 3.63) is 29.6 Å². The topological polar surface area (TPSA) is 42.1 Å². The number of hydrogen-bond donors (Lipinski definition) is 1. The van der Waals surface area contributed by atoms with E-state index in [-0.39, 0.29) is 6.04 Å². The Bertz CT molecular complexity index is 363. The van der Waals surface area contributed by atoms with Crippen LogP contribution in [-0.4, -0.2) is 29.0 Å². The van der Waals surface area contributed by atoms with Crippen molar-refractivity contribution >= 4 is 0 Å². The lowest BCUT2D eigenvalue weighted by molar-refractivity contribution is 0.153. The molecule has 3 nitrogen and oxygen atoms in total. The van der Waals surface area contributed by atoms with E-state index in [1.54, 1.807) is 0 Å². The Kier molecular flexibility index (Phi) is 7.03. The van der Waals surface area contributed by atoms with Crippen LogP contribution in [0.2, 0.25) is 0 Å². The number of aromatic nitrogens is 1. The van der Waals surface area contributed by atoms with Gasteiger partial charge in [0.1, 0.15) is 0 Å². The minimum absolute atomic E-state index is 0.283. The van der Waals surface area contributed by atoms with Gasteiger partial charge in [0.25, 0.3) is 0 Å². The predicted octanol–water partition coefficient (Wildman–Crippen LogP) is 3.29. The van der Waals surface area contributed by atoms with Crippen molar-refractivity contribution < 1.29 is 0 Å². The maximum absolute atomic E-state index is 6.05. The molecule has 0 amide bonds. The summed E-state index contributed by atoms with van der Waals surface area (Å²) >= 11 is 0. The smallest absolute Gasteiger partial charge is 0.0491 e. The van der Waals surface area contributed by atoms with Crippen LogP contribution in [0.5, 0.6) is 0 Å². The molecule has 108 valence electrons. The highest BCUT2D eigenvalue weighted by Crippen LogP contribution is 2.24. The van der Waals surface area contributed by atoms with Crippen molar-refractivity contribution in [3.8, 4) is 0 Å². The Morgan fingerprint density at radius 1 is 1.32 bits per heavy atom. The van der Waals surface area contributed by atoms with Gasteiger partial charge in [0.05, 0.1) is 0 Å². The summed E-state index contributed by atoms with van der Waals surface area (Å²) < 4.78 is 0. The molecule has 0 bridgehead atoms. The lowest BCUT2D eigenvalue weighted by Gasteiger charge is -2.35. The van der Waals surface area contributed by atoms with Crippen LogP contribution in [0.1, 0.15) is 57.2 Å². The van der Waals surface area contributed by atoms with E-state index in [4.69, 9.17) is 5.73 Å². The van der Waals surface area contributed by atoms with Crippen molar-refractivity contribution in [3.63, 3.8) is 0 Å². The second kappa shape index (κ2) is 8.28. The van der Waals surface area contributed by atoms with Gasteiger partial charge in [-0.1, -0.05) is 19.8 Å². The summed E-state index contributed by atoms with van der Waals surface area (Å²) in [6, 6.07) is 2.86. The monoisotopic (exact) mass is 263 g/mol. The minimum Gasteiger partial charge on any atom is -0.329 e. The molecule has 1 atom stereocenters. The predicted molar refractivity (Wildman–Crippen MR) is 82.1 cm³/mol. The Morgan fingerprint density at radius 2 is 2.05 bits per heavy atom. The number of nitrogens with zero attached hydrogens (tertiary/aromatic N) is 2. The molecule has 1 unspecified atom stereocenters. The first-order valence-electron chi connectivity index (χ1n) is 7.48. The van der Waals surface area contributed by atoms with Crippen molar-refractivity contribution in [2.75, 3.05) is 13.1 Å². The van der Waals surface area contributed by atoms with Gasteiger partial charge < -0.3 is 5.73 Å². The summed E-state index contributed by atoms with van der Waals surface area (Å²) in [6.07, 6.45) is 7.60. The van der Waals surface area contributed by atoms with E-state index in [1.165, 1.54) is 30.4 Å². The van der Waals surface area contributed by atoms with Crippen LogP contribution in [0, 0.1) is 6.92 Å². The van der Waals surface area contributed by atoms with Gasteiger partial charge in [-0.3, -0.25) is 9.88 Å². The van der Waals surface area contributed by atoms with Crippen LogP contribution in [0.25, 0.3) is 0 Å². The number of hydrogen-bond acceptors (Lipinski definition) is 3. The summed E-state index contributed by atoms with van der Waals surface area (Å²) in [5.74, 6) is 0. The van der Waals surface area contributed by atoms with Crippen LogP contribution >= 0.6 is 0 Å². The summed E-state index contributed by atoms with van der Waals surface area (Å²) in [7, 11) is 0. The standard InChI is InChI=1S/C16H29N3/c1-5-6-7-10-19(13(2)3)16(11-17)15-12-18-9-8-14(15)4/h8-9,12-13,16H,5-7,10-11,17H2,1-4H3. The van der Waals surface area contributed by atoms with Crippen molar-refractivity contribution in [1.82, 2.24) is 9.88 Å². The van der Waals surface area contributed by atoms with Crippen molar-refractivity contribution in [1.29, 1.82) is 0 Å². The molecule has 0 saturated heterocycles. The quantitative estimate of drug-likeness (QED) is 0.732. The molecule has 0 radical (unpaired) electrons. The number of rotatable bonds is 8. The van der Waals surface area contributed by atoms with E-state index in [0.29, 0.717) is 12.6 Å². The molecular formula is C16H29N3. The van der Waals surface area contributed by atoms with Crippen LogP contribution in [0.3, 0.4) is 0 Å². The van der Waals surface area contributed by atoms with Crippen LogP contribution in [0.4, 0.5) is 0 Å². The summed E-state index contributed by atoms with van der Waals surface area (Å²) in [5.41, 5.74) is 8.60. The van der Waals surface area contributed by atoms with Gasteiger partial charge in [-0.2, -0.15) is 0 Å². The summed E-state index contributed by atoms with van der Waals surface area (Å²) in [5, 5.41) is 0. The van der Waals surface area contributed by atoms with Crippen molar-refractivity contribution in [2.45, 2.75) is 59.0 Å². The number of unbranched alkanes of at least 4 members (excludes halogenated alkanes) is 2. The molecule has 3 heteroatoms. The normalized spacial score (nSPS) is 13.2. The molecule has 0 spiro atoms. The lowest BCUT2D eigenvalue weighted by atomic mass is 10.0. The highest BCUT2D eigenvalue weighted by atomic mass is 15.2. The van der Waals surface area contributed by atoms with Gasteiger partial charge in [0.2, 0.25) is 0 Å². The molecule has 2 N–H and O–H groups in total. The largest absolute Gasteiger partial charge is 0.329 e. The van der Waals surface area contributed by atoms with Gasteiger partial charge in [-0.15, -0.1) is 0 Å². The van der Waals surface area contributed by atoms with E-state index in [9.17, 15) is 0 Å². The van der Waals surface area contributed by atoms with E-state index >= 15 is 0 Å². The summed E-state index contributed by atoms with van der Waals surface area (Å²) in [6.45, 7) is 10.6. The zero-order chi connectivity index (χ0) is 14.3. The fourth-order valence-corrected chi connectivity index (χ4v) is 2.58. The first-order valence-corrected chi connectivity index (χ1v) is 7.48. The van der Waals surface area contributed by atoms with Gasteiger partial charge in [-0.25, -0.2) is 0 Å². The van der Waals surface area contributed by atoms with Gasteiger partial charge in [-0.05, 0) is 50.9 Å². The molecule has 0 aliphatic carbocycles. The Labute approximate surface area is 118 Å². The first kappa shape index (κ1) is 16.1. The molecule has 0 aliphatic rings. The Morgan fingerprint density at radius 3 is 2.58 bits per heavy atom. The highest BCUT2D eigenvalue weighted by molar-refractivity contribution is 5.25. The molecule has 1 aromatic rings. The number of pyridine rings is 1. The average Bonchev–Trinajstić information content (AvgIpc) is 2.39. The Hall–Kier alpha value is -0.930. The van der Waals surface area contributed by atoms with E-state index < -0.39 is 0 Å². The third-order valence-corrected chi connectivity index (χ3v) is 3.75. The summed E-state index contributed by atoms with van der Waals surface area (Å²) in [4.78, 5) is 6.78. The van der Waals surface area contributed by atoms with E-state index in [0.717, 1.165) is 6.54 Å². The molecule has 0 fully saturated rings. The molecular weight excluding hydrogens is 234 g/mol. The highest BCUT2D eigenvalue weighted by Gasteiger charge is 2.22. The van der Waals surface area contributed by atoms with Crippen LogP contribution in [0.15, 0.2) is 18.5 Å². The molecule has 1 heterocycles. The van der Waals surface area contributed by atoms with Crippen LogP contribution < -0.4 is 5.73 Å². The number of nitrogens with two attached hydrogens (primary N) is 1. The van der Waals surface area contributed by atoms with Gasteiger partial charge in [0.15, 0.2) is 0 Å². The molecule has 1 rings (SSSR count).